The molecule has 2 aromatic heterocycles. The van der Waals surface area contributed by atoms with E-state index in [1.165, 1.54) is 24.7 Å². The number of aromatic nitrogens is 2. The second-order valence-electron chi connectivity index (χ2n) is 5.37. The maximum Gasteiger partial charge on any atom is 0.417 e. The molecule has 0 unspecified atom stereocenters. The summed E-state index contributed by atoms with van der Waals surface area (Å²) in [5, 5.41) is 4.89. The predicted octanol–water partition coefficient (Wildman–Crippen LogP) is 4.42. The molecule has 0 spiro atoms. The van der Waals surface area contributed by atoms with Crippen LogP contribution in [0.4, 0.5) is 24.7 Å². The molecular weight excluding hydrogens is 385 g/mol. The van der Waals surface area contributed by atoms with Crippen LogP contribution in [0.3, 0.4) is 0 Å². The lowest BCUT2D eigenvalue weighted by molar-refractivity contribution is -0.137. The van der Waals surface area contributed by atoms with Crippen molar-refractivity contribution >= 4 is 29.0 Å². The molecule has 0 saturated heterocycles. The monoisotopic (exact) mass is 396 g/mol. The van der Waals surface area contributed by atoms with Gasteiger partial charge in [0.25, 0.3) is 5.91 Å². The van der Waals surface area contributed by atoms with Gasteiger partial charge in [0.15, 0.2) is 0 Å². The highest BCUT2D eigenvalue weighted by atomic mass is 35.5. The molecule has 0 aliphatic heterocycles. The fraction of sp³-hybridized carbons (Fsp3) is 0.118. The summed E-state index contributed by atoms with van der Waals surface area (Å²) in [4.78, 5) is 19.9. The topological polar surface area (TPSA) is 80.0 Å². The Morgan fingerprint density at radius 1 is 1.19 bits per heavy atom. The normalized spacial score (nSPS) is 11.3. The number of carbonyl (C=O) groups is 1. The minimum atomic E-state index is -4.57. The second kappa shape index (κ2) is 7.67. The van der Waals surface area contributed by atoms with Gasteiger partial charge in [-0.15, -0.1) is 0 Å². The lowest BCUT2D eigenvalue weighted by Gasteiger charge is -2.12. The Labute approximate surface area is 156 Å². The molecule has 1 aromatic carbocycles. The Morgan fingerprint density at radius 2 is 2.00 bits per heavy atom. The van der Waals surface area contributed by atoms with Crippen LogP contribution in [0.5, 0.6) is 0 Å². The van der Waals surface area contributed by atoms with E-state index in [0.29, 0.717) is 5.76 Å². The molecule has 0 radical (unpaired) electrons. The van der Waals surface area contributed by atoms with Crippen LogP contribution in [0.1, 0.15) is 21.8 Å². The standard InChI is InChI=1S/C17H12ClF3N4O2/c18-13-4-3-10(6-12(13)17(19,20)21)25-15-9-22-14(8-23-15)16(26)24-7-11-2-1-5-27-11/h1-6,8-9H,7H2,(H,23,25)(H,24,26). The van der Waals surface area contributed by atoms with Crippen molar-refractivity contribution in [3.05, 3.63) is 71.0 Å². The number of alkyl halides is 3. The molecule has 27 heavy (non-hydrogen) atoms. The Bertz CT molecular complexity index is 928. The summed E-state index contributed by atoms with van der Waals surface area (Å²) in [5.74, 6) is 0.294. The van der Waals surface area contributed by atoms with Crippen molar-refractivity contribution in [2.24, 2.45) is 0 Å². The molecule has 6 nitrogen and oxygen atoms in total. The van der Waals surface area contributed by atoms with Crippen LogP contribution in [0.25, 0.3) is 0 Å². The summed E-state index contributed by atoms with van der Waals surface area (Å²) in [7, 11) is 0. The largest absolute Gasteiger partial charge is 0.467 e. The summed E-state index contributed by atoms with van der Waals surface area (Å²) in [6.45, 7) is 0.193. The molecule has 0 bridgehead atoms. The predicted molar refractivity (Wildman–Crippen MR) is 91.6 cm³/mol. The number of furan rings is 1. The SMILES string of the molecule is O=C(NCc1ccco1)c1cnc(Nc2ccc(Cl)c(C(F)(F)F)c2)cn1. The van der Waals surface area contributed by atoms with E-state index in [4.69, 9.17) is 16.0 Å². The van der Waals surface area contributed by atoms with Gasteiger partial charge in [0, 0.05) is 5.69 Å². The molecule has 3 aromatic rings. The van der Waals surface area contributed by atoms with Gasteiger partial charge in [-0.2, -0.15) is 13.2 Å². The lowest BCUT2D eigenvalue weighted by Crippen LogP contribution is -2.23. The summed E-state index contributed by atoms with van der Waals surface area (Å²) >= 11 is 5.58. The highest BCUT2D eigenvalue weighted by molar-refractivity contribution is 6.31. The number of hydrogen-bond acceptors (Lipinski definition) is 5. The minimum absolute atomic E-state index is 0.0548. The third kappa shape index (κ3) is 4.76. The van der Waals surface area contributed by atoms with Crippen LogP contribution in [0.15, 0.2) is 53.4 Å². The Hall–Kier alpha value is -3.07. The summed E-state index contributed by atoms with van der Waals surface area (Å²) in [6, 6.07) is 6.79. The molecule has 3 rings (SSSR count). The first-order chi connectivity index (χ1) is 12.8. The highest BCUT2D eigenvalue weighted by Crippen LogP contribution is 2.36. The molecule has 10 heteroatoms. The van der Waals surface area contributed by atoms with E-state index in [1.807, 2.05) is 0 Å². The first-order valence-corrected chi connectivity index (χ1v) is 7.97. The van der Waals surface area contributed by atoms with Crippen LogP contribution < -0.4 is 10.6 Å². The minimum Gasteiger partial charge on any atom is -0.467 e. The van der Waals surface area contributed by atoms with Gasteiger partial charge in [0.2, 0.25) is 0 Å². The molecule has 140 valence electrons. The number of anilines is 2. The van der Waals surface area contributed by atoms with Crippen LogP contribution in [-0.2, 0) is 12.7 Å². The smallest absolute Gasteiger partial charge is 0.417 e. The van der Waals surface area contributed by atoms with E-state index in [9.17, 15) is 18.0 Å². The fourth-order valence-corrected chi connectivity index (χ4v) is 2.37. The number of halogens is 4. The molecule has 2 heterocycles. The molecule has 0 atom stereocenters. The van der Waals surface area contributed by atoms with Gasteiger partial charge in [-0.1, -0.05) is 11.6 Å². The van der Waals surface area contributed by atoms with Crippen molar-refractivity contribution in [1.82, 2.24) is 15.3 Å². The van der Waals surface area contributed by atoms with Gasteiger partial charge in [-0.3, -0.25) is 4.79 Å². The zero-order valence-corrected chi connectivity index (χ0v) is 14.3. The zero-order valence-electron chi connectivity index (χ0n) is 13.5. The average Bonchev–Trinajstić information content (AvgIpc) is 3.14. The van der Waals surface area contributed by atoms with E-state index in [2.05, 4.69) is 20.6 Å². The van der Waals surface area contributed by atoms with Crippen LogP contribution in [0, 0.1) is 0 Å². The first kappa shape index (κ1) is 18.7. The summed E-state index contributed by atoms with van der Waals surface area (Å²) < 4.78 is 43.8. The molecule has 1 amide bonds. The van der Waals surface area contributed by atoms with E-state index < -0.39 is 22.7 Å². The third-order valence-corrected chi connectivity index (χ3v) is 3.76. The molecule has 0 saturated carbocycles. The molecule has 0 aliphatic carbocycles. The van der Waals surface area contributed by atoms with Gasteiger partial charge in [-0.05, 0) is 30.3 Å². The second-order valence-corrected chi connectivity index (χ2v) is 5.77. The van der Waals surface area contributed by atoms with Crippen molar-refractivity contribution in [2.75, 3.05) is 5.32 Å². The number of benzene rings is 1. The maximum atomic E-state index is 12.9. The highest BCUT2D eigenvalue weighted by Gasteiger charge is 2.33. The van der Waals surface area contributed by atoms with Crippen LogP contribution in [-0.4, -0.2) is 15.9 Å². The fourth-order valence-electron chi connectivity index (χ4n) is 2.15. The number of amides is 1. The number of nitrogens with zero attached hydrogens (tertiary/aromatic N) is 2. The first-order valence-electron chi connectivity index (χ1n) is 7.59. The number of hydrogen-bond donors (Lipinski definition) is 2. The summed E-state index contributed by atoms with van der Waals surface area (Å²) in [5.41, 5.74) is -0.772. The Morgan fingerprint density at radius 3 is 2.63 bits per heavy atom. The average molecular weight is 397 g/mol. The van der Waals surface area contributed by atoms with Gasteiger partial charge in [0.1, 0.15) is 17.3 Å². The summed E-state index contributed by atoms with van der Waals surface area (Å²) in [6.07, 6.45) is -0.636. The van der Waals surface area contributed by atoms with Crippen molar-refractivity contribution in [3.8, 4) is 0 Å². The van der Waals surface area contributed by atoms with Gasteiger partial charge in [0.05, 0.1) is 35.8 Å². The maximum absolute atomic E-state index is 12.9. The molecular formula is C17H12ClF3N4O2. The molecule has 0 fully saturated rings. The number of carbonyl (C=O) groups excluding carboxylic acids is 1. The molecule has 2 N–H and O–H groups in total. The van der Waals surface area contributed by atoms with E-state index in [-0.39, 0.29) is 23.7 Å². The Kier molecular flexibility index (Phi) is 5.31. The number of rotatable bonds is 5. The van der Waals surface area contributed by atoms with E-state index in [1.54, 1.807) is 12.1 Å². The van der Waals surface area contributed by atoms with E-state index >= 15 is 0 Å². The lowest BCUT2D eigenvalue weighted by atomic mass is 10.2. The number of nitrogens with one attached hydrogen (secondary N) is 2. The Balaban J connectivity index is 1.66. The van der Waals surface area contributed by atoms with Crippen molar-refractivity contribution in [3.63, 3.8) is 0 Å². The van der Waals surface area contributed by atoms with Gasteiger partial charge < -0.3 is 15.1 Å². The van der Waals surface area contributed by atoms with Gasteiger partial charge >= 0.3 is 6.18 Å². The van der Waals surface area contributed by atoms with Crippen molar-refractivity contribution in [2.45, 2.75) is 12.7 Å². The quantitative estimate of drug-likeness (QED) is 0.667. The third-order valence-electron chi connectivity index (χ3n) is 3.43. The van der Waals surface area contributed by atoms with Crippen molar-refractivity contribution < 1.29 is 22.4 Å². The van der Waals surface area contributed by atoms with Gasteiger partial charge in [-0.25, -0.2) is 9.97 Å². The zero-order chi connectivity index (χ0) is 19.4. The van der Waals surface area contributed by atoms with Crippen LogP contribution in [0.2, 0.25) is 5.02 Å². The molecule has 0 aliphatic rings. The van der Waals surface area contributed by atoms with Crippen molar-refractivity contribution in [1.29, 1.82) is 0 Å². The van der Waals surface area contributed by atoms with E-state index in [0.717, 1.165) is 12.1 Å². The van der Waals surface area contributed by atoms with Crippen LogP contribution >= 0.6 is 11.6 Å².